The molecule has 146 valence electrons. The van der Waals surface area contributed by atoms with Crippen molar-refractivity contribution in [1.82, 2.24) is 0 Å². The largest absolute Gasteiger partial charge is 0.142 e. The van der Waals surface area contributed by atoms with Crippen LogP contribution in [0, 0.1) is 0 Å². The molecule has 0 spiro atoms. The van der Waals surface area contributed by atoms with Crippen molar-refractivity contribution in [2.24, 2.45) is 0 Å². The first-order chi connectivity index (χ1) is 13.3. The standard InChI is InChI=1S/C24H32S3/c1-4-7-9-10-18(6-3)21-14-15-22(27-21)20-16-17-25-24(20)23-13-12-19(26-23)11-8-5-2/h12-18H,4-11H2,1-3H3. The molecule has 3 aromatic heterocycles. The summed E-state index contributed by atoms with van der Waals surface area (Å²) in [7, 11) is 0. The first-order valence-corrected chi connectivity index (χ1v) is 13.0. The van der Waals surface area contributed by atoms with Gasteiger partial charge in [-0.15, -0.1) is 34.0 Å². The zero-order valence-corrected chi connectivity index (χ0v) is 19.4. The van der Waals surface area contributed by atoms with Gasteiger partial charge in [-0.2, -0.15) is 0 Å². The summed E-state index contributed by atoms with van der Waals surface area (Å²) in [6.45, 7) is 6.90. The average molecular weight is 417 g/mol. The van der Waals surface area contributed by atoms with Crippen molar-refractivity contribution in [2.75, 3.05) is 0 Å². The minimum Gasteiger partial charge on any atom is -0.142 e. The molecule has 0 fully saturated rings. The monoisotopic (exact) mass is 416 g/mol. The smallest absolute Gasteiger partial charge is 0.0529 e. The first-order valence-electron chi connectivity index (χ1n) is 10.5. The summed E-state index contributed by atoms with van der Waals surface area (Å²) in [5.74, 6) is 0.736. The Kier molecular flexibility index (Phi) is 8.17. The van der Waals surface area contributed by atoms with Crippen LogP contribution in [-0.4, -0.2) is 0 Å². The maximum atomic E-state index is 2.39. The third kappa shape index (κ3) is 5.34. The molecule has 3 aromatic rings. The molecule has 0 radical (unpaired) electrons. The highest BCUT2D eigenvalue weighted by atomic mass is 32.1. The third-order valence-electron chi connectivity index (χ3n) is 5.27. The maximum absolute atomic E-state index is 2.39. The van der Waals surface area contributed by atoms with E-state index in [9.17, 15) is 0 Å². The molecule has 0 N–H and O–H groups in total. The van der Waals surface area contributed by atoms with Crippen LogP contribution in [0.15, 0.2) is 35.7 Å². The molecule has 0 aromatic carbocycles. The van der Waals surface area contributed by atoms with Gasteiger partial charge in [0.1, 0.15) is 0 Å². The molecule has 0 saturated heterocycles. The van der Waals surface area contributed by atoms with Crippen LogP contribution in [0.1, 0.15) is 81.4 Å². The van der Waals surface area contributed by atoms with E-state index >= 15 is 0 Å². The van der Waals surface area contributed by atoms with Crippen LogP contribution < -0.4 is 0 Å². The number of rotatable bonds is 11. The molecular weight excluding hydrogens is 384 g/mol. The molecule has 3 rings (SSSR count). The fourth-order valence-electron chi connectivity index (χ4n) is 3.58. The van der Waals surface area contributed by atoms with Crippen LogP contribution in [0.5, 0.6) is 0 Å². The van der Waals surface area contributed by atoms with Gasteiger partial charge in [-0.1, -0.05) is 46.5 Å². The summed E-state index contributed by atoms with van der Waals surface area (Å²) >= 11 is 5.90. The van der Waals surface area contributed by atoms with E-state index in [0.29, 0.717) is 0 Å². The third-order valence-corrected chi connectivity index (χ3v) is 8.79. The lowest BCUT2D eigenvalue weighted by Gasteiger charge is -2.12. The number of thiophene rings is 3. The van der Waals surface area contributed by atoms with Crippen molar-refractivity contribution < 1.29 is 0 Å². The van der Waals surface area contributed by atoms with Crippen molar-refractivity contribution in [1.29, 1.82) is 0 Å². The second-order valence-corrected chi connectivity index (χ2v) is 10.5. The summed E-state index contributed by atoms with van der Waals surface area (Å²) in [5.41, 5.74) is 1.43. The van der Waals surface area contributed by atoms with Gasteiger partial charge in [0.15, 0.2) is 0 Å². The highest BCUT2D eigenvalue weighted by Gasteiger charge is 2.16. The molecule has 0 aliphatic rings. The van der Waals surface area contributed by atoms with Crippen molar-refractivity contribution in [2.45, 2.75) is 78.1 Å². The normalized spacial score (nSPS) is 12.6. The molecule has 3 heterocycles. The number of unbranched alkanes of at least 4 members (excludes halogenated alkanes) is 3. The zero-order valence-electron chi connectivity index (χ0n) is 16.9. The molecule has 0 amide bonds. The lowest BCUT2D eigenvalue weighted by Crippen LogP contribution is -1.94. The second-order valence-electron chi connectivity index (χ2n) is 7.34. The highest BCUT2D eigenvalue weighted by molar-refractivity contribution is 7.22. The topological polar surface area (TPSA) is 0 Å². The Bertz CT molecular complexity index is 805. The molecule has 0 saturated carbocycles. The van der Waals surface area contributed by atoms with Gasteiger partial charge in [-0.3, -0.25) is 0 Å². The van der Waals surface area contributed by atoms with Crippen LogP contribution in [0.3, 0.4) is 0 Å². The van der Waals surface area contributed by atoms with E-state index in [2.05, 4.69) is 56.5 Å². The molecule has 0 aliphatic carbocycles. The molecule has 1 unspecified atom stereocenters. The van der Waals surface area contributed by atoms with Gasteiger partial charge in [0, 0.05) is 25.1 Å². The van der Waals surface area contributed by atoms with Crippen LogP contribution in [0.25, 0.3) is 20.2 Å². The van der Waals surface area contributed by atoms with E-state index in [1.165, 1.54) is 76.4 Å². The molecule has 1 atom stereocenters. The Morgan fingerprint density at radius 1 is 0.815 bits per heavy atom. The van der Waals surface area contributed by atoms with Gasteiger partial charge in [0.2, 0.25) is 0 Å². The van der Waals surface area contributed by atoms with Gasteiger partial charge in [0.05, 0.1) is 4.88 Å². The summed E-state index contributed by atoms with van der Waals surface area (Å²) in [4.78, 5) is 7.44. The molecule has 3 heteroatoms. The lowest BCUT2D eigenvalue weighted by molar-refractivity contribution is 0.560. The van der Waals surface area contributed by atoms with Crippen LogP contribution in [0.2, 0.25) is 0 Å². The van der Waals surface area contributed by atoms with Crippen molar-refractivity contribution in [3.63, 3.8) is 0 Å². The maximum Gasteiger partial charge on any atom is 0.0529 e. The molecule has 0 aliphatic heterocycles. The fraction of sp³-hybridized carbons (Fsp3) is 0.500. The molecule has 27 heavy (non-hydrogen) atoms. The summed E-state index contributed by atoms with van der Waals surface area (Å²) in [6.07, 6.45) is 10.4. The number of aryl methyl sites for hydroxylation is 1. The van der Waals surface area contributed by atoms with Crippen LogP contribution in [-0.2, 0) is 6.42 Å². The highest BCUT2D eigenvalue weighted by Crippen LogP contribution is 2.44. The van der Waals surface area contributed by atoms with E-state index in [1.54, 1.807) is 4.88 Å². The number of hydrogen-bond acceptors (Lipinski definition) is 3. The Labute approximate surface area is 177 Å². The minimum atomic E-state index is 0.736. The van der Waals surface area contributed by atoms with Gasteiger partial charge >= 0.3 is 0 Å². The van der Waals surface area contributed by atoms with E-state index < -0.39 is 0 Å². The van der Waals surface area contributed by atoms with E-state index in [-0.39, 0.29) is 0 Å². The Hall–Kier alpha value is -0.900. The zero-order chi connectivity index (χ0) is 19.1. The average Bonchev–Trinajstić information content (AvgIpc) is 3.43. The van der Waals surface area contributed by atoms with E-state index in [4.69, 9.17) is 0 Å². The Morgan fingerprint density at radius 2 is 1.63 bits per heavy atom. The lowest BCUT2D eigenvalue weighted by atomic mass is 9.97. The Morgan fingerprint density at radius 3 is 2.41 bits per heavy atom. The quantitative estimate of drug-likeness (QED) is 0.273. The van der Waals surface area contributed by atoms with Crippen LogP contribution >= 0.6 is 34.0 Å². The first kappa shape index (κ1) is 20.8. The minimum absolute atomic E-state index is 0.736. The van der Waals surface area contributed by atoms with E-state index in [0.717, 1.165) is 5.92 Å². The van der Waals surface area contributed by atoms with Crippen molar-refractivity contribution >= 4 is 34.0 Å². The van der Waals surface area contributed by atoms with Crippen molar-refractivity contribution in [3.05, 3.63) is 45.5 Å². The number of hydrogen-bond donors (Lipinski definition) is 0. The summed E-state index contributed by atoms with van der Waals surface area (Å²) < 4.78 is 0. The van der Waals surface area contributed by atoms with Gasteiger partial charge < -0.3 is 0 Å². The predicted molar refractivity (Wildman–Crippen MR) is 127 cm³/mol. The fourth-order valence-corrected chi connectivity index (χ4v) is 7.01. The van der Waals surface area contributed by atoms with Gasteiger partial charge in [-0.05, 0) is 67.3 Å². The van der Waals surface area contributed by atoms with E-state index in [1.807, 2.05) is 34.0 Å². The summed E-state index contributed by atoms with van der Waals surface area (Å²) in [5, 5.41) is 2.26. The molecular formula is C24H32S3. The molecule has 0 bridgehead atoms. The summed E-state index contributed by atoms with van der Waals surface area (Å²) in [6, 6.07) is 11.7. The predicted octanol–water partition coefficient (Wildman–Crippen LogP) is 9.62. The SMILES string of the molecule is CCCCCC(CC)c1ccc(-c2ccsc2-c2ccc(CCCC)s2)s1. The van der Waals surface area contributed by atoms with Crippen LogP contribution in [0.4, 0.5) is 0 Å². The van der Waals surface area contributed by atoms with Gasteiger partial charge in [0.25, 0.3) is 0 Å². The van der Waals surface area contributed by atoms with Gasteiger partial charge in [-0.25, -0.2) is 0 Å². The second kappa shape index (κ2) is 10.6. The molecule has 0 nitrogen and oxygen atoms in total. The Balaban J connectivity index is 1.77. The van der Waals surface area contributed by atoms with Crippen molar-refractivity contribution in [3.8, 4) is 20.2 Å².